The first-order valence-corrected chi connectivity index (χ1v) is 7.98. The minimum absolute atomic E-state index is 0.147. The van der Waals surface area contributed by atoms with Crippen molar-refractivity contribution in [2.45, 2.75) is 12.7 Å². The molecule has 0 unspecified atom stereocenters. The third-order valence-corrected chi connectivity index (χ3v) is 4.44. The van der Waals surface area contributed by atoms with Crippen LogP contribution in [0.15, 0.2) is 47.5 Å². The molecule has 0 atom stereocenters. The van der Waals surface area contributed by atoms with Gasteiger partial charge in [-0.2, -0.15) is 18.3 Å². The van der Waals surface area contributed by atoms with Crippen LogP contribution in [0.4, 0.5) is 13.2 Å². The summed E-state index contributed by atoms with van der Waals surface area (Å²) in [5.74, 6) is 0. The lowest BCUT2D eigenvalue weighted by atomic mass is 10.0. The highest BCUT2D eigenvalue weighted by Gasteiger charge is 2.30. The number of aromatic nitrogens is 3. The van der Waals surface area contributed by atoms with Gasteiger partial charge in [0.15, 0.2) is 0 Å². The van der Waals surface area contributed by atoms with Crippen LogP contribution in [0, 0.1) is 0 Å². The van der Waals surface area contributed by atoms with Gasteiger partial charge >= 0.3 is 6.18 Å². The first-order valence-electron chi connectivity index (χ1n) is 7.98. The normalized spacial score (nSPS) is 15.1. The van der Waals surface area contributed by atoms with Crippen molar-refractivity contribution in [3.05, 3.63) is 58.7 Å². The van der Waals surface area contributed by atoms with Crippen LogP contribution in [0.2, 0.25) is 0 Å². The number of hydrogen-bond donors (Lipinski definition) is 1. The number of likely N-dealkylation sites (N-methyl/N-ethyl adjacent to an activating group) is 1. The second kappa shape index (κ2) is 5.76. The number of halogens is 3. The van der Waals surface area contributed by atoms with Gasteiger partial charge < -0.3 is 4.90 Å². The molecule has 1 aromatic carbocycles. The van der Waals surface area contributed by atoms with Crippen LogP contribution in [0.5, 0.6) is 0 Å². The lowest BCUT2D eigenvalue weighted by molar-refractivity contribution is -0.140. The van der Waals surface area contributed by atoms with Crippen molar-refractivity contribution in [1.29, 1.82) is 0 Å². The minimum Gasteiger partial charge on any atom is -0.376 e. The van der Waals surface area contributed by atoms with E-state index in [-0.39, 0.29) is 10.9 Å². The molecule has 0 spiro atoms. The number of hydrogen-bond acceptors (Lipinski definition) is 3. The Morgan fingerprint density at radius 2 is 2.08 bits per heavy atom. The average Bonchev–Trinajstić information content (AvgIpc) is 3.07. The zero-order chi connectivity index (χ0) is 18.5. The van der Waals surface area contributed by atoms with Gasteiger partial charge in [0.25, 0.3) is 5.56 Å². The predicted octanol–water partition coefficient (Wildman–Crippen LogP) is 3.28. The second-order valence-electron chi connectivity index (χ2n) is 6.35. The monoisotopic (exact) mass is 360 g/mol. The fraction of sp³-hybridized carbons (Fsp3) is 0.222. The van der Waals surface area contributed by atoms with Crippen molar-refractivity contribution in [2.24, 2.45) is 0 Å². The van der Waals surface area contributed by atoms with E-state index in [1.807, 2.05) is 36.4 Å². The molecule has 5 nitrogen and oxygen atoms in total. The number of benzene rings is 1. The number of aromatic amines is 1. The predicted molar refractivity (Wildman–Crippen MR) is 93.7 cm³/mol. The average molecular weight is 360 g/mol. The molecule has 0 bridgehead atoms. The summed E-state index contributed by atoms with van der Waals surface area (Å²) in [6.07, 6.45) is 2.48. The third kappa shape index (κ3) is 2.77. The summed E-state index contributed by atoms with van der Waals surface area (Å²) in [6, 6.07) is 5.22. The smallest absolute Gasteiger partial charge is 0.376 e. The van der Waals surface area contributed by atoms with Gasteiger partial charge in [-0.05, 0) is 29.5 Å². The molecule has 134 valence electrons. The standard InChI is InChI=1S/C18H15F3N4O/c1-24-6-2-3-12(9-24)11-4-5-13-15(7-11)25(10-18(19,20)21)17(26)14-8-22-23-16(13)14/h2-8H,9-10H2,1H3,(H,22,23). The first kappa shape index (κ1) is 16.4. The molecule has 1 N–H and O–H groups in total. The van der Waals surface area contributed by atoms with E-state index in [1.165, 1.54) is 6.20 Å². The van der Waals surface area contributed by atoms with Crippen LogP contribution in [0.1, 0.15) is 5.56 Å². The number of nitrogens with one attached hydrogen (secondary N) is 1. The summed E-state index contributed by atoms with van der Waals surface area (Å²) >= 11 is 0. The molecule has 0 saturated carbocycles. The number of pyridine rings is 1. The van der Waals surface area contributed by atoms with Crippen molar-refractivity contribution in [3.8, 4) is 0 Å². The Kier molecular flexibility index (Phi) is 3.64. The highest BCUT2D eigenvalue weighted by Crippen LogP contribution is 2.28. The van der Waals surface area contributed by atoms with E-state index in [4.69, 9.17) is 0 Å². The molecule has 0 fully saturated rings. The Morgan fingerprint density at radius 3 is 2.81 bits per heavy atom. The Bertz CT molecular complexity index is 1120. The fourth-order valence-corrected chi connectivity index (χ4v) is 3.28. The Hall–Kier alpha value is -3.03. The number of rotatable bonds is 2. The summed E-state index contributed by atoms with van der Waals surface area (Å²) in [4.78, 5) is 14.6. The topological polar surface area (TPSA) is 53.9 Å². The van der Waals surface area contributed by atoms with Crippen LogP contribution in [-0.4, -0.2) is 39.4 Å². The molecule has 0 aliphatic carbocycles. The highest BCUT2D eigenvalue weighted by molar-refractivity contribution is 6.03. The molecule has 0 saturated heterocycles. The number of allylic oxidation sites excluding steroid dienone is 2. The summed E-state index contributed by atoms with van der Waals surface area (Å²) in [5.41, 5.74) is 1.73. The molecule has 26 heavy (non-hydrogen) atoms. The largest absolute Gasteiger partial charge is 0.406 e. The molecule has 3 heterocycles. The summed E-state index contributed by atoms with van der Waals surface area (Å²) in [5, 5.41) is 7.23. The van der Waals surface area contributed by atoms with Crippen LogP contribution >= 0.6 is 0 Å². The molecule has 3 aromatic rings. The molecule has 1 aliphatic heterocycles. The summed E-state index contributed by atoms with van der Waals surface area (Å²) < 4.78 is 40.0. The fourth-order valence-electron chi connectivity index (χ4n) is 3.28. The van der Waals surface area contributed by atoms with Gasteiger partial charge in [0.05, 0.1) is 22.6 Å². The quantitative estimate of drug-likeness (QED) is 0.763. The number of fused-ring (bicyclic) bond motifs is 3. The Labute approximate surface area is 146 Å². The molecule has 0 amide bonds. The van der Waals surface area contributed by atoms with Crippen LogP contribution in [-0.2, 0) is 6.54 Å². The summed E-state index contributed by atoms with van der Waals surface area (Å²) in [7, 11) is 1.91. The summed E-state index contributed by atoms with van der Waals surface area (Å²) in [6.45, 7) is -0.705. The lowest BCUT2D eigenvalue weighted by Crippen LogP contribution is -2.28. The van der Waals surface area contributed by atoms with Gasteiger partial charge in [-0.25, -0.2) is 0 Å². The Balaban J connectivity index is 2.00. The van der Waals surface area contributed by atoms with Gasteiger partial charge in [-0.1, -0.05) is 18.2 Å². The van der Waals surface area contributed by atoms with E-state index >= 15 is 0 Å². The Morgan fingerprint density at radius 1 is 1.27 bits per heavy atom. The second-order valence-corrected chi connectivity index (χ2v) is 6.35. The van der Waals surface area contributed by atoms with Gasteiger partial charge in [0, 0.05) is 19.0 Å². The highest BCUT2D eigenvalue weighted by atomic mass is 19.4. The van der Waals surface area contributed by atoms with E-state index in [0.29, 0.717) is 17.4 Å². The maximum Gasteiger partial charge on any atom is 0.406 e. The number of alkyl halides is 3. The van der Waals surface area contributed by atoms with E-state index in [2.05, 4.69) is 10.2 Å². The minimum atomic E-state index is -4.50. The van der Waals surface area contributed by atoms with Gasteiger partial charge in [-0.15, -0.1) is 0 Å². The third-order valence-electron chi connectivity index (χ3n) is 4.44. The molecule has 2 aromatic heterocycles. The van der Waals surface area contributed by atoms with E-state index < -0.39 is 18.3 Å². The zero-order valence-electron chi connectivity index (χ0n) is 13.8. The first-order chi connectivity index (χ1) is 12.3. The van der Waals surface area contributed by atoms with Crippen LogP contribution in [0.25, 0.3) is 27.4 Å². The SMILES string of the molecule is CN1C=CC=C(c2ccc3c4[nH]ncc4c(=O)n(CC(F)(F)F)c3c2)C1. The lowest BCUT2D eigenvalue weighted by Gasteiger charge is -2.21. The van der Waals surface area contributed by atoms with Crippen molar-refractivity contribution >= 4 is 27.4 Å². The van der Waals surface area contributed by atoms with E-state index in [0.717, 1.165) is 15.7 Å². The van der Waals surface area contributed by atoms with Gasteiger partial charge in [-0.3, -0.25) is 14.5 Å². The van der Waals surface area contributed by atoms with Crippen molar-refractivity contribution in [1.82, 2.24) is 19.7 Å². The van der Waals surface area contributed by atoms with Gasteiger partial charge in [0.1, 0.15) is 6.54 Å². The molecule has 8 heteroatoms. The van der Waals surface area contributed by atoms with E-state index in [9.17, 15) is 18.0 Å². The molecule has 0 radical (unpaired) electrons. The maximum atomic E-state index is 13.1. The van der Waals surface area contributed by atoms with E-state index in [1.54, 1.807) is 12.1 Å². The maximum absolute atomic E-state index is 13.1. The van der Waals surface area contributed by atoms with Gasteiger partial charge in [0.2, 0.25) is 0 Å². The zero-order valence-corrected chi connectivity index (χ0v) is 13.8. The van der Waals surface area contributed by atoms with Crippen molar-refractivity contribution in [3.63, 3.8) is 0 Å². The number of H-pyrrole nitrogens is 1. The number of nitrogens with zero attached hydrogens (tertiary/aromatic N) is 3. The molecular formula is C18H15F3N4O. The van der Waals surface area contributed by atoms with Crippen molar-refractivity contribution in [2.75, 3.05) is 13.6 Å². The van der Waals surface area contributed by atoms with Crippen LogP contribution < -0.4 is 5.56 Å². The van der Waals surface area contributed by atoms with Crippen molar-refractivity contribution < 1.29 is 13.2 Å². The molecule has 1 aliphatic rings. The molecular weight excluding hydrogens is 345 g/mol. The molecule has 4 rings (SSSR count). The van der Waals surface area contributed by atoms with Crippen LogP contribution in [0.3, 0.4) is 0 Å².